The van der Waals surface area contributed by atoms with Crippen LogP contribution in [0.4, 0.5) is 5.69 Å². The lowest BCUT2D eigenvalue weighted by Crippen LogP contribution is -2.22. The number of guanidine groups is 1. The molecule has 2 aromatic carbocycles. The van der Waals surface area contributed by atoms with Gasteiger partial charge in [0.2, 0.25) is 0 Å². The number of nitrogens with two attached hydrogens (primary N) is 1. The number of nitrogens with one attached hydrogen (secondary N) is 1. The van der Waals surface area contributed by atoms with E-state index in [1.807, 2.05) is 38.1 Å². The second kappa shape index (κ2) is 11.3. The zero-order valence-electron chi connectivity index (χ0n) is 16.7. The van der Waals surface area contributed by atoms with Crippen molar-refractivity contribution in [1.82, 2.24) is 4.90 Å². The lowest BCUT2D eigenvalue weighted by Gasteiger charge is -2.14. The van der Waals surface area contributed by atoms with Gasteiger partial charge in [-0.1, -0.05) is 24.3 Å². The first-order valence-electron chi connectivity index (χ1n) is 9.72. The van der Waals surface area contributed by atoms with E-state index in [1.54, 1.807) is 0 Å². The molecule has 0 aromatic heterocycles. The minimum absolute atomic E-state index is 0. The summed E-state index contributed by atoms with van der Waals surface area (Å²) in [4.78, 5) is 6.94. The molecular formula is C22H31IN4O. The average Bonchev–Trinajstić information content (AvgIpc) is 3.15. The van der Waals surface area contributed by atoms with E-state index in [9.17, 15) is 0 Å². The minimum Gasteiger partial charge on any atom is -0.491 e. The molecular weight excluding hydrogens is 463 g/mol. The van der Waals surface area contributed by atoms with E-state index in [0.717, 1.165) is 23.5 Å². The molecule has 0 amide bonds. The van der Waals surface area contributed by atoms with Crippen molar-refractivity contribution in [3.8, 4) is 5.75 Å². The van der Waals surface area contributed by atoms with E-state index in [0.29, 0.717) is 12.5 Å². The monoisotopic (exact) mass is 494 g/mol. The molecule has 0 atom stereocenters. The smallest absolute Gasteiger partial charge is 0.193 e. The Morgan fingerprint density at radius 1 is 1.04 bits per heavy atom. The van der Waals surface area contributed by atoms with Crippen LogP contribution in [-0.2, 0) is 13.1 Å². The molecule has 5 nitrogen and oxygen atoms in total. The molecule has 0 unspecified atom stereocenters. The van der Waals surface area contributed by atoms with Crippen LogP contribution in [0.1, 0.15) is 37.8 Å². The minimum atomic E-state index is 0. The van der Waals surface area contributed by atoms with Gasteiger partial charge in [0.25, 0.3) is 0 Å². The van der Waals surface area contributed by atoms with Crippen molar-refractivity contribution in [2.24, 2.45) is 10.7 Å². The number of rotatable bonds is 7. The number of likely N-dealkylation sites (tertiary alicyclic amines) is 1. The van der Waals surface area contributed by atoms with Gasteiger partial charge in [0, 0.05) is 12.2 Å². The van der Waals surface area contributed by atoms with E-state index in [4.69, 9.17) is 10.5 Å². The molecule has 1 aliphatic rings. The van der Waals surface area contributed by atoms with Gasteiger partial charge in [0.1, 0.15) is 5.75 Å². The summed E-state index contributed by atoms with van der Waals surface area (Å²) < 4.78 is 5.64. The van der Waals surface area contributed by atoms with E-state index in [-0.39, 0.29) is 30.1 Å². The summed E-state index contributed by atoms with van der Waals surface area (Å²) >= 11 is 0. The summed E-state index contributed by atoms with van der Waals surface area (Å²) in [7, 11) is 0. The number of halogens is 1. The molecule has 1 heterocycles. The van der Waals surface area contributed by atoms with Crippen LogP contribution >= 0.6 is 24.0 Å². The molecule has 3 rings (SSSR count). The van der Waals surface area contributed by atoms with Gasteiger partial charge >= 0.3 is 0 Å². The fourth-order valence-electron chi connectivity index (χ4n) is 3.20. The van der Waals surface area contributed by atoms with Crippen molar-refractivity contribution < 1.29 is 4.74 Å². The normalized spacial score (nSPS) is 14.8. The quantitative estimate of drug-likeness (QED) is 0.335. The number of anilines is 1. The predicted molar refractivity (Wildman–Crippen MR) is 128 cm³/mol. The first kappa shape index (κ1) is 22.5. The van der Waals surface area contributed by atoms with Gasteiger partial charge in [0.15, 0.2) is 5.96 Å². The van der Waals surface area contributed by atoms with E-state index in [1.165, 1.54) is 31.5 Å². The summed E-state index contributed by atoms with van der Waals surface area (Å²) in [6.07, 6.45) is 2.82. The highest BCUT2D eigenvalue weighted by Gasteiger charge is 2.11. The van der Waals surface area contributed by atoms with Crippen LogP contribution in [-0.4, -0.2) is 30.1 Å². The molecule has 1 aliphatic heterocycles. The molecule has 1 saturated heterocycles. The predicted octanol–water partition coefficient (Wildman–Crippen LogP) is 4.61. The summed E-state index contributed by atoms with van der Waals surface area (Å²) in [6.45, 7) is 8.07. The lowest BCUT2D eigenvalue weighted by molar-refractivity contribution is 0.242. The van der Waals surface area contributed by atoms with Gasteiger partial charge in [0.05, 0.1) is 12.6 Å². The van der Waals surface area contributed by atoms with Crippen LogP contribution in [0.5, 0.6) is 5.75 Å². The van der Waals surface area contributed by atoms with Crippen molar-refractivity contribution >= 4 is 35.6 Å². The largest absolute Gasteiger partial charge is 0.491 e. The number of ether oxygens (including phenoxy) is 1. The third-order valence-corrected chi connectivity index (χ3v) is 4.56. The van der Waals surface area contributed by atoms with Gasteiger partial charge in [-0.05, 0) is 75.2 Å². The molecule has 1 fully saturated rings. The standard InChI is InChI=1S/C22H30N4O.HI/c1-17(2)27-21-11-9-20(10-12-21)25-22(23)24-15-18-5-7-19(8-6-18)16-26-13-3-4-14-26;/h5-12,17H,3-4,13-16H2,1-2H3,(H3,23,24,25);1H. The number of hydrogen-bond acceptors (Lipinski definition) is 3. The average molecular weight is 494 g/mol. The zero-order valence-corrected chi connectivity index (χ0v) is 19.1. The van der Waals surface area contributed by atoms with Crippen molar-refractivity contribution in [3.05, 3.63) is 59.7 Å². The molecule has 6 heteroatoms. The van der Waals surface area contributed by atoms with Crippen LogP contribution in [0, 0.1) is 0 Å². The van der Waals surface area contributed by atoms with Gasteiger partial charge < -0.3 is 15.8 Å². The van der Waals surface area contributed by atoms with Gasteiger partial charge in [-0.3, -0.25) is 4.90 Å². The Morgan fingerprint density at radius 2 is 1.64 bits per heavy atom. The first-order chi connectivity index (χ1) is 13.1. The Kier molecular flexibility index (Phi) is 9.05. The lowest BCUT2D eigenvalue weighted by atomic mass is 10.1. The maximum absolute atomic E-state index is 6.01. The second-order valence-electron chi connectivity index (χ2n) is 7.32. The summed E-state index contributed by atoms with van der Waals surface area (Å²) in [5, 5.41) is 3.12. The number of hydrogen-bond donors (Lipinski definition) is 2. The molecule has 0 spiro atoms. The number of aliphatic imine (C=N–C) groups is 1. The molecule has 0 aliphatic carbocycles. The highest BCUT2D eigenvalue weighted by atomic mass is 127. The summed E-state index contributed by atoms with van der Waals surface area (Å²) in [5.74, 6) is 1.26. The molecule has 3 N–H and O–H groups in total. The third kappa shape index (κ3) is 7.31. The third-order valence-electron chi connectivity index (χ3n) is 4.56. The van der Waals surface area contributed by atoms with Crippen LogP contribution in [0.2, 0.25) is 0 Å². The van der Waals surface area contributed by atoms with Crippen LogP contribution in [0.3, 0.4) is 0 Å². The van der Waals surface area contributed by atoms with Crippen molar-refractivity contribution in [2.45, 2.75) is 45.9 Å². The molecule has 0 saturated carbocycles. The maximum Gasteiger partial charge on any atom is 0.193 e. The number of benzene rings is 2. The Balaban J connectivity index is 0.00000280. The first-order valence-corrected chi connectivity index (χ1v) is 9.72. The summed E-state index contributed by atoms with van der Waals surface area (Å²) in [6, 6.07) is 16.4. The Labute approximate surface area is 185 Å². The van der Waals surface area contributed by atoms with Crippen LogP contribution in [0.15, 0.2) is 53.5 Å². The molecule has 0 bridgehead atoms. The zero-order chi connectivity index (χ0) is 19.1. The molecule has 0 radical (unpaired) electrons. The fourth-order valence-corrected chi connectivity index (χ4v) is 3.20. The van der Waals surface area contributed by atoms with Gasteiger partial charge in [-0.25, -0.2) is 4.99 Å². The van der Waals surface area contributed by atoms with Gasteiger partial charge in [-0.15, -0.1) is 24.0 Å². The SMILES string of the molecule is CC(C)Oc1ccc(NC(N)=NCc2ccc(CN3CCCC3)cc2)cc1.I. The topological polar surface area (TPSA) is 62.9 Å². The highest BCUT2D eigenvalue weighted by Crippen LogP contribution is 2.17. The van der Waals surface area contributed by atoms with E-state index >= 15 is 0 Å². The number of nitrogens with zero attached hydrogens (tertiary/aromatic N) is 2. The van der Waals surface area contributed by atoms with Crippen LogP contribution < -0.4 is 15.8 Å². The Bertz CT molecular complexity index is 738. The van der Waals surface area contributed by atoms with Crippen molar-refractivity contribution in [3.63, 3.8) is 0 Å². The van der Waals surface area contributed by atoms with Crippen molar-refractivity contribution in [2.75, 3.05) is 18.4 Å². The second-order valence-corrected chi connectivity index (χ2v) is 7.32. The maximum atomic E-state index is 6.01. The molecule has 28 heavy (non-hydrogen) atoms. The van der Waals surface area contributed by atoms with Crippen molar-refractivity contribution in [1.29, 1.82) is 0 Å². The molecule has 2 aromatic rings. The van der Waals surface area contributed by atoms with Crippen LogP contribution in [0.25, 0.3) is 0 Å². The highest BCUT2D eigenvalue weighted by molar-refractivity contribution is 14.0. The van der Waals surface area contributed by atoms with E-state index < -0.39 is 0 Å². The van der Waals surface area contributed by atoms with Gasteiger partial charge in [-0.2, -0.15) is 0 Å². The fraction of sp³-hybridized carbons (Fsp3) is 0.409. The van der Waals surface area contributed by atoms with E-state index in [2.05, 4.69) is 39.5 Å². The molecule has 152 valence electrons. The summed E-state index contributed by atoms with van der Waals surface area (Å²) in [5.41, 5.74) is 9.43. The Hall–Kier alpha value is -1.80. The Morgan fingerprint density at radius 3 is 2.25 bits per heavy atom.